The Labute approximate surface area is 233 Å². The summed E-state index contributed by atoms with van der Waals surface area (Å²) in [6.07, 6.45) is 1.83. The van der Waals surface area contributed by atoms with Gasteiger partial charge in [-0.1, -0.05) is 29.5 Å². The number of ketones is 1. The Morgan fingerprint density at radius 2 is 1.80 bits per heavy atom. The van der Waals surface area contributed by atoms with Crippen molar-refractivity contribution in [3.63, 3.8) is 0 Å². The minimum atomic E-state index is -1.04. The first-order chi connectivity index (χ1) is 19.1. The molecule has 1 aliphatic rings. The van der Waals surface area contributed by atoms with E-state index in [0.717, 1.165) is 26.9 Å². The molecule has 4 heterocycles. The van der Waals surface area contributed by atoms with Gasteiger partial charge in [0.05, 0.1) is 34.6 Å². The zero-order valence-corrected chi connectivity index (χ0v) is 23.3. The molecular weight excluding hydrogens is 528 g/mol. The third-order valence-electron chi connectivity index (χ3n) is 7.30. The number of Topliss-reactive ketones (excluding diaryl/α,β-unsaturated/α-hetero) is 1. The summed E-state index contributed by atoms with van der Waals surface area (Å²) in [5.74, 6) is -1.98. The summed E-state index contributed by atoms with van der Waals surface area (Å²) in [6.45, 7) is 7.63. The van der Waals surface area contributed by atoms with Crippen LogP contribution >= 0.6 is 11.3 Å². The van der Waals surface area contributed by atoms with Crippen molar-refractivity contribution in [3.05, 3.63) is 87.9 Å². The van der Waals surface area contributed by atoms with Gasteiger partial charge in [-0.2, -0.15) is 0 Å². The smallest absolute Gasteiger partial charge is 0.301 e. The number of benzene rings is 2. The number of pyridine rings is 1. The molecule has 2 aromatic carbocycles. The van der Waals surface area contributed by atoms with Crippen LogP contribution in [0.1, 0.15) is 39.7 Å². The van der Waals surface area contributed by atoms with Crippen LogP contribution in [0, 0.1) is 27.7 Å². The van der Waals surface area contributed by atoms with Gasteiger partial charge in [0, 0.05) is 6.20 Å². The van der Waals surface area contributed by atoms with Gasteiger partial charge < -0.3 is 19.4 Å². The van der Waals surface area contributed by atoms with Crippen molar-refractivity contribution in [2.75, 3.05) is 12.0 Å². The lowest BCUT2D eigenvalue weighted by Gasteiger charge is -2.23. The number of fused-ring (bicyclic) bond motifs is 2. The maximum Gasteiger partial charge on any atom is 0.301 e. The Kier molecular flexibility index (Phi) is 5.88. The summed E-state index contributed by atoms with van der Waals surface area (Å²) < 4.78 is 8.03. The zero-order chi connectivity index (χ0) is 28.5. The van der Waals surface area contributed by atoms with Crippen LogP contribution in [-0.2, 0) is 9.59 Å². The number of hydrogen-bond donors (Lipinski definition) is 2. The van der Waals surface area contributed by atoms with E-state index in [4.69, 9.17) is 9.72 Å². The predicted molar refractivity (Wildman–Crippen MR) is 153 cm³/mol. The van der Waals surface area contributed by atoms with Gasteiger partial charge in [0.25, 0.3) is 5.78 Å². The van der Waals surface area contributed by atoms with E-state index >= 15 is 0 Å². The number of rotatable bonds is 4. The van der Waals surface area contributed by atoms with Gasteiger partial charge in [-0.15, -0.1) is 0 Å². The number of aromatic hydroxyl groups is 1. The molecule has 0 saturated carbocycles. The molecule has 202 valence electrons. The zero-order valence-electron chi connectivity index (χ0n) is 22.5. The van der Waals surface area contributed by atoms with Crippen LogP contribution in [0.25, 0.3) is 21.6 Å². The topological polar surface area (TPSA) is 117 Å². The Balaban J connectivity index is 1.62. The average Bonchev–Trinajstić information content (AvgIpc) is 3.57. The Morgan fingerprint density at radius 3 is 2.52 bits per heavy atom. The van der Waals surface area contributed by atoms with E-state index in [2.05, 4.69) is 4.98 Å². The van der Waals surface area contributed by atoms with Crippen molar-refractivity contribution in [1.29, 1.82) is 0 Å². The number of thiazole rings is 1. The predicted octanol–water partition coefficient (Wildman–Crippen LogP) is 5.52. The van der Waals surface area contributed by atoms with E-state index in [-0.39, 0.29) is 28.5 Å². The molecule has 1 aliphatic heterocycles. The third-order valence-corrected chi connectivity index (χ3v) is 8.30. The quantitative estimate of drug-likeness (QED) is 0.171. The molecule has 2 N–H and O–H groups in total. The fourth-order valence-electron chi connectivity index (χ4n) is 5.35. The number of methoxy groups -OCH3 is 1. The van der Waals surface area contributed by atoms with Crippen LogP contribution < -0.4 is 9.64 Å². The molecule has 0 aliphatic carbocycles. The summed E-state index contributed by atoms with van der Waals surface area (Å²) in [6, 6.07) is 11.3. The van der Waals surface area contributed by atoms with Crippen LogP contribution in [0.15, 0.2) is 54.2 Å². The summed E-state index contributed by atoms with van der Waals surface area (Å²) in [7, 11) is 1.41. The Hall–Kier alpha value is -4.70. The van der Waals surface area contributed by atoms with Crippen molar-refractivity contribution < 1.29 is 24.5 Å². The molecule has 9 nitrogen and oxygen atoms in total. The maximum absolute atomic E-state index is 13.7. The van der Waals surface area contributed by atoms with Crippen molar-refractivity contribution >= 4 is 49.8 Å². The second-order valence-corrected chi connectivity index (χ2v) is 11.0. The molecule has 1 amide bonds. The summed E-state index contributed by atoms with van der Waals surface area (Å²) in [5.41, 5.74) is 5.44. The van der Waals surface area contributed by atoms with E-state index < -0.39 is 17.7 Å². The van der Waals surface area contributed by atoms with Gasteiger partial charge >= 0.3 is 5.91 Å². The fourth-order valence-corrected chi connectivity index (χ4v) is 6.51. The van der Waals surface area contributed by atoms with E-state index in [0.29, 0.717) is 22.0 Å². The molecule has 1 unspecified atom stereocenters. The number of amides is 1. The molecule has 0 radical (unpaired) electrons. The number of aliphatic hydroxyl groups is 1. The van der Waals surface area contributed by atoms with Gasteiger partial charge in [-0.05, 0) is 74.2 Å². The molecule has 1 atom stereocenters. The van der Waals surface area contributed by atoms with Crippen LogP contribution in [-0.4, -0.2) is 43.4 Å². The second-order valence-electron chi connectivity index (χ2n) is 9.96. The van der Waals surface area contributed by atoms with Crippen molar-refractivity contribution in [2.24, 2.45) is 0 Å². The lowest BCUT2D eigenvalue weighted by molar-refractivity contribution is -0.132. The third kappa shape index (κ3) is 3.75. The number of ether oxygens (including phenoxy) is 1. The molecule has 40 heavy (non-hydrogen) atoms. The highest BCUT2D eigenvalue weighted by Gasteiger charge is 2.49. The van der Waals surface area contributed by atoms with Gasteiger partial charge in [-0.25, -0.2) is 9.97 Å². The molecule has 6 rings (SSSR count). The van der Waals surface area contributed by atoms with Crippen molar-refractivity contribution in [3.8, 4) is 11.5 Å². The monoisotopic (exact) mass is 554 g/mol. The number of carbonyl (C=O) groups is 2. The number of carbonyl (C=O) groups excluding carboxylic acids is 2. The number of phenols is 1. The summed E-state index contributed by atoms with van der Waals surface area (Å²) in [4.78, 5) is 38.1. The number of hydrogen-bond acceptors (Lipinski definition) is 8. The largest absolute Gasteiger partial charge is 0.505 e. The number of imidazole rings is 1. The minimum absolute atomic E-state index is 0.0963. The maximum atomic E-state index is 13.7. The first-order valence-electron chi connectivity index (χ1n) is 12.6. The highest BCUT2D eigenvalue weighted by molar-refractivity contribution is 7.22. The van der Waals surface area contributed by atoms with Crippen LogP contribution in [0.2, 0.25) is 0 Å². The van der Waals surface area contributed by atoms with Crippen LogP contribution in [0.4, 0.5) is 5.13 Å². The SMILES string of the molecule is COc1cc(C2C(=C(O)c3nc4c(C)cccn4c3C)C(=O)C(=O)N2c2nc3c(C)cc(C)cc3s2)ccc1O. The first-order valence-corrected chi connectivity index (χ1v) is 13.4. The van der Waals surface area contributed by atoms with Gasteiger partial charge in [0.1, 0.15) is 11.3 Å². The van der Waals surface area contributed by atoms with Gasteiger partial charge in [0.2, 0.25) is 0 Å². The molecular formula is C30H26N4O5S. The average molecular weight is 555 g/mol. The lowest BCUT2D eigenvalue weighted by Crippen LogP contribution is -2.29. The van der Waals surface area contributed by atoms with Gasteiger partial charge in [-0.3, -0.25) is 14.5 Å². The van der Waals surface area contributed by atoms with Crippen LogP contribution in [0.5, 0.6) is 11.5 Å². The number of phenolic OH excluding ortho intramolecular Hbond substituents is 1. The fraction of sp³-hybridized carbons (Fsp3) is 0.200. The van der Waals surface area contributed by atoms with Crippen molar-refractivity contribution in [2.45, 2.75) is 33.7 Å². The van der Waals surface area contributed by atoms with Crippen LogP contribution in [0.3, 0.4) is 0 Å². The van der Waals surface area contributed by atoms with E-state index in [1.54, 1.807) is 19.1 Å². The molecule has 1 saturated heterocycles. The number of aliphatic hydroxyl groups excluding tert-OH is 1. The Morgan fingerprint density at radius 1 is 1.02 bits per heavy atom. The van der Waals surface area contributed by atoms with Gasteiger partial charge in [0.15, 0.2) is 22.4 Å². The van der Waals surface area contributed by atoms with E-state index in [1.807, 2.05) is 55.6 Å². The first kappa shape index (κ1) is 25.6. The molecule has 1 fully saturated rings. The minimum Gasteiger partial charge on any atom is -0.505 e. The number of aromatic nitrogens is 3. The lowest BCUT2D eigenvalue weighted by atomic mass is 9.96. The molecule has 0 bridgehead atoms. The number of aryl methyl sites for hydroxylation is 4. The standard InChI is InChI=1S/C30H26N4O5S/c1-14-11-16(3)23-21(12-14)40-30(32-23)34-25(18-8-9-19(35)20(13-18)39-5)22(27(37)29(34)38)26(36)24-17(4)33-10-6-7-15(2)28(33)31-24/h6-13,25,35-36H,1-5H3. The van der Waals surface area contributed by atoms with E-state index in [1.165, 1.54) is 29.4 Å². The summed E-state index contributed by atoms with van der Waals surface area (Å²) in [5, 5.41) is 22.3. The summed E-state index contributed by atoms with van der Waals surface area (Å²) >= 11 is 1.30. The molecule has 5 aromatic rings. The highest BCUT2D eigenvalue weighted by atomic mass is 32.1. The Bertz CT molecular complexity index is 1920. The number of nitrogens with zero attached hydrogens (tertiary/aromatic N) is 4. The second kappa shape index (κ2) is 9.20. The van der Waals surface area contributed by atoms with E-state index in [9.17, 15) is 19.8 Å². The molecule has 10 heteroatoms. The molecule has 3 aromatic heterocycles. The normalized spacial score (nSPS) is 16.9. The van der Waals surface area contributed by atoms with Crippen molar-refractivity contribution in [1.82, 2.24) is 14.4 Å². The highest BCUT2D eigenvalue weighted by Crippen LogP contribution is 2.46. The molecule has 0 spiro atoms. The number of anilines is 1.